The lowest BCUT2D eigenvalue weighted by Crippen LogP contribution is -2.45. The summed E-state index contributed by atoms with van der Waals surface area (Å²) in [5.41, 5.74) is 0.971. The van der Waals surface area contributed by atoms with Crippen molar-refractivity contribution in [3.8, 4) is 5.75 Å². The van der Waals surface area contributed by atoms with Crippen LogP contribution < -0.4 is 4.74 Å². The van der Waals surface area contributed by atoms with Gasteiger partial charge in [-0.25, -0.2) is 0 Å². The first kappa shape index (κ1) is 14.2. The first-order chi connectivity index (χ1) is 11.2. The van der Waals surface area contributed by atoms with Gasteiger partial charge in [0.2, 0.25) is 5.91 Å². The highest BCUT2D eigenvalue weighted by molar-refractivity contribution is 5.85. The van der Waals surface area contributed by atoms with Crippen LogP contribution in [0.1, 0.15) is 23.4 Å². The molecule has 1 fully saturated rings. The molecule has 2 aromatic rings. The lowest BCUT2D eigenvalue weighted by molar-refractivity contribution is -0.141. The second-order valence-electron chi connectivity index (χ2n) is 5.85. The average Bonchev–Trinajstić information content (AvgIpc) is 3.20. The number of carbonyl (C=O) groups excluding carboxylic acids is 1. The summed E-state index contributed by atoms with van der Waals surface area (Å²) in [5.74, 6) is 1.41. The van der Waals surface area contributed by atoms with Gasteiger partial charge >= 0.3 is 0 Å². The van der Waals surface area contributed by atoms with E-state index in [4.69, 9.17) is 9.47 Å². The van der Waals surface area contributed by atoms with Gasteiger partial charge in [-0.2, -0.15) is 0 Å². The van der Waals surface area contributed by atoms with Crippen LogP contribution in [0.4, 0.5) is 0 Å². The fourth-order valence-corrected chi connectivity index (χ4v) is 3.18. The van der Waals surface area contributed by atoms with Crippen molar-refractivity contribution in [1.29, 1.82) is 0 Å². The Kier molecular flexibility index (Phi) is 3.49. The van der Waals surface area contributed by atoms with Gasteiger partial charge in [0.25, 0.3) is 0 Å². The number of fused-ring (bicyclic) bond motifs is 1. The molecule has 2 unspecified atom stereocenters. The van der Waals surface area contributed by atoms with Gasteiger partial charge < -0.3 is 18.9 Å². The van der Waals surface area contributed by atoms with Crippen molar-refractivity contribution in [3.05, 3.63) is 42.0 Å². The molecule has 7 nitrogen and oxygen atoms in total. The molecule has 2 atom stereocenters. The Balaban J connectivity index is 1.52. The van der Waals surface area contributed by atoms with E-state index in [9.17, 15) is 4.79 Å². The molecule has 23 heavy (non-hydrogen) atoms. The summed E-state index contributed by atoms with van der Waals surface area (Å²) in [6.45, 7) is 1.98. The molecule has 1 amide bonds. The van der Waals surface area contributed by atoms with E-state index in [1.807, 2.05) is 40.8 Å². The van der Waals surface area contributed by atoms with E-state index < -0.39 is 0 Å². The van der Waals surface area contributed by atoms with Crippen LogP contribution in [0.15, 0.2) is 30.6 Å². The molecular weight excluding hydrogens is 296 g/mol. The van der Waals surface area contributed by atoms with Crippen molar-refractivity contribution in [2.75, 3.05) is 26.3 Å². The van der Waals surface area contributed by atoms with E-state index >= 15 is 0 Å². The standard InChI is InChI=1S/C16H18N4O3/c1-19-10-17-18-15(19)14-8-20(6-7-22-14)16(21)12-9-23-13-5-3-2-4-11(12)13/h2-5,10,12,14H,6-9H2,1H3. The molecule has 1 aromatic carbocycles. The quantitative estimate of drug-likeness (QED) is 0.823. The summed E-state index contributed by atoms with van der Waals surface area (Å²) in [7, 11) is 1.88. The number of benzene rings is 1. The van der Waals surface area contributed by atoms with Crippen LogP contribution in [0.3, 0.4) is 0 Å². The summed E-state index contributed by atoms with van der Waals surface area (Å²) in [6, 6.07) is 7.73. The molecular formula is C16H18N4O3. The second-order valence-corrected chi connectivity index (χ2v) is 5.85. The molecule has 1 aromatic heterocycles. The lowest BCUT2D eigenvalue weighted by atomic mass is 9.99. The van der Waals surface area contributed by atoms with Crippen LogP contribution >= 0.6 is 0 Å². The van der Waals surface area contributed by atoms with Crippen molar-refractivity contribution in [1.82, 2.24) is 19.7 Å². The molecule has 1 saturated heterocycles. The number of para-hydroxylation sites is 1. The van der Waals surface area contributed by atoms with Gasteiger partial charge in [0.15, 0.2) is 5.82 Å². The lowest BCUT2D eigenvalue weighted by Gasteiger charge is -2.33. The monoisotopic (exact) mass is 314 g/mol. The van der Waals surface area contributed by atoms with E-state index in [0.29, 0.717) is 26.3 Å². The number of hydrogen-bond donors (Lipinski definition) is 0. The number of nitrogens with zero attached hydrogens (tertiary/aromatic N) is 4. The predicted octanol–water partition coefficient (Wildman–Crippen LogP) is 0.891. The molecule has 2 aliphatic rings. The third-order valence-corrected chi connectivity index (χ3v) is 4.41. The largest absolute Gasteiger partial charge is 0.492 e. The molecule has 2 aliphatic heterocycles. The van der Waals surface area contributed by atoms with Crippen molar-refractivity contribution < 1.29 is 14.3 Å². The molecule has 0 N–H and O–H groups in total. The number of rotatable bonds is 2. The zero-order chi connectivity index (χ0) is 15.8. The van der Waals surface area contributed by atoms with E-state index in [-0.39, 0.29) is 17.9 Å². The molecule has 0 aliphatic carbocycles. The van der Waals surface area contributed by atoms with Gasteiger partial charge in [-0.15, -0.1) is 10.2 Å². The first-order valence-electron chi connectivity index (χ1n) is 7.70. The Labute approximate surface area is 133 Å². The maximum atomic E-state index is 12.9. The highest BCUT2D eigenvalue weighted by atomic mass is 16.5. The van der Waals surface area contributed by atoms with Crippen LogP contribution in [-0.4, -0.2) is 51.9 Å². The van der Waals surface area contributed by atoms with Gasteiger partial charge in [0.05, 0.1) is 13.2 Å². The third kappa shape index (κ3) is 2.46. The summed E-state index contributed by atoms with van der Waals surface area (Å²) in [4.78, 5) is 14.8. The maximum Gasteiger partial charge on any atom is 0.233 e. The van der Waals surface area contributed by atoms with Crippen LogP contribution in [0, 0.1) is 0 Å². The minimum absolute atomic E-state index is 0.0884. The summed E-state index contributed by atoms with van der Waals surface area (Å²) < 4.78 is 13.2. The maximum absolute atomic E-state index is 12.9. The van der Waals surface area contributed by atoms with Gasteiger partial charge in [-0.05, 0) is 6.07 Å². The van der Waals surface area contributed by atoms with Crippen molar-refractivity contribution in [3.63, 3.8) is 0 Å². The SMILES string of the molecule is Cn1cnnc1C1CN(C(=O)C2COc3ccccc32)CCO1. The van der Waals surface area contributed by atoms with Crippen LogP contribution in [0.25, 0.3) is 0 Å². The normalized spacial score (nSPS) is 23.4. The Bertz CT molecular complexity index is 730. The highest BCUT2D eigenvalue weighted by Crippen LogP contribution is 2.35. The molecule has 3 heterocycles. The smallest absolute Gasteiger partial charge is 0.233 e. The number of aryl methyl sites for hydroxylation is 1. The molecule has 4 rings (SSSR count). The molecule has 0 saturated carbocycles. The number of carbonyl (C=O) groups is 1. The zero-order valence-corrected chi connectivity index (χ0v) is 12.9. The third-order valence-electron chi connectivity index (χ3n) is 4.41. The van der Waals surface area contributed by atoms with Crippen molar-refractivity contribution in [2.45, 2.75) is 12.0 Å². The van der Waals surface area contributed by atoms with E-state index in [2.05, 4.69) is 10.2 Å². The Morgan fingerprint density at radius 3 is 3.04 bits per heavy atom. The van der Waals surface area contributed by atoms with Crippen LogP contribution in [-0.2, 0) is 16.6 Å². The second kappa shape index (κ2) is 5.66. The first-order valence-corrected chi connectivity index (χ1v) is 7.70. The molecule has 7 heteroatoms. The van der Waals surface area contributed by atoms with Gasteiger partial charge in [-0.3, -0.25) is 4.79 Å². The molecule has 0 spiro atoms. The minimum atomic E-state index is -0.238. The zero-order valence-electron chi connectivity index (χ0n) is 12.9. The summed E-state index contributed by atoms with van der Waals surface area (Å²) >= 11 is 0. The molecule has 0 radical (unpaired) electrons. The Morgan fingerprint density at radius 2 is 2.22 bits per heavy atom. The van der Waals surface area contributed by atoms with E-state index in [1.165, 1.54) is 0 Å². The number of morpholine rings is 1. The molecule has 120 valence electrons. The fourth-order valence-electron chi connectivity index (χ4n) is 3.18. The van der Waals surface area contributed by atoms with Crippen LogP contribution in [0.2, 0.25) is 0 Å². The van der Waals surface area contributed by atoms with Crippen LogP contribution in [0.5, 0.6) is 5.75 Å². The summed E-state index contributed by atoms with van der Waals surface area (Å²) in [5, 5.41) is 7.98. The number of aromatic nitrogens is 3. The highest BCUT2D eigenvalue weighted by Gasteiger charge is 2.36. The number of hydrogen-bond acceptors (Lipinski definition) is 5. The van der Waals surface area contributed by atoms with Gasteiger partial charge in [0.1, 0.15) is 30.7 Å². The number of ether oxygens (including phenoxy) is 2. The average molecular weight is 314 g/mol. The minimum Gasteiger partial charge on any atom is -0.492 e. The Morgan fingerprint density at radius 1 is 1.35 bits per heavy atom. The van der Waals surface area contributed by atoms with E-state index in [1.54, 1.807) is 6.33 Å². The fraction of sp³-hybridized carbons (Fsp3) is 0.438. The van der Waals surface area contributed by atoms with Gasteiger partial charge in [-0.1, -0.05) is 18.2 Å². The Hall–Kier alpha value is -2.41. The topological polar surface area (TPSA) is 69.5 Å². The predicted molar refractivity (Wildman–Crippen MR) is 81.0 cm³/mol. The number of amides is 1. The van der Waals surface area contributed by atoms with Gasteiger partial charge in [0, 0.05) is 19.2 Å². The molecule has 0 bridgehead atoms. The van der Waals surface area contributed by atoms with E-state index in [0.717, 1.165) is 17.1 Å². The van der Waals surface area contributed by atoms with Crippen molar-refractivity contribution in [2.24, 2.45) is 7.05 Å². The van der Waals surface area contributed by atoms with Crippen molar-refractivity contribution >= 4 is 5.91 Å². The summed E-state index contributed by atoms with van der Waals surface area (Å²) in [6.07, 6.45) is 1.40.